The van der Waals surface area contributed by atoms with E-state index < -0.39 is 6.04 Å². The zero-order valence-corrected chi connectivity index (χ0v) is 19.5. The van der Waals surface area contributed by atoms with Gasteiger partial charge in [-0.1, -0.05) is 23.9 Å². The zero-order valence-electron chi connectivity index (χ0n) is 18.7. The monoisotopic (exact) mass is 456 g/mol. The van der Waals surface area contributed by atoms with E-state index in [1.807, 2.05) is 31.1 Å². The molecule has 3 aliphatic rings. The van der Waals surface area contributed by atoms with Crippen LogP contribution >= 0.6 is 11.8 Å². The molecule has 4 rings (SSSR count). The standard InChI is InChI=1S/C24H29FN4O2S/c1-4-28(5-2)23(31)21-15(3)27-24-29(22(21)17-8-10-18(25)11-9-17)19(14-32-24)12-20(30)26-13-16-6-7-16/h8-11,14,16,22H,4-7,12-13H2,1-3H3,(H,26,30). The topological polar surface area (TPSA) is 65.0 Å². The van der Waals surface area contributed by atoms with E-state index in [-0.39, 0.29) is 24.1 Å². The van der Waals surface area contributed by atoms with Crippen molar-refractivity contribution < 1.29 is 14.0 Å². The highest BCUT2D eigenvalue weighted by atomic mass is 32.2. The van der Waals surface area contributed by atoms with Crippen LogP contribution in [0.1, 0.15) is 51.6 Å². The van der Waals surface area contributed by atoms with Crippen LogP contribution < -0.4 is 5.32 Å². The van der Waals surface area contributed by atoms with Crippen LogP contribution in [-0.2, 0) is 9.59 Å². The Bertz CT molecular complexity index is 994. The fourth-order valence-corrected chi connectivity index (χ4v) is 5.06. The largest absolute Gasteiger partial charge is 0.355 e. The lowest BCUT2D eigenvalue weighted by Crippen LogP contribution is -2.42. The Hall–Kier alpha value is -2.61. The maximum Gasteiger partial charge on any atom is 0.254 e. The van der Waals surface area contributed by atoms with Gasteiger partial charge in [0, 0.05) is 25.3 Å². The van der Waals surface area contributed by atoms with Gasteiger partial charge < -0.3 is 15.1 Å². The van der Waals surface area contributed by atoms with E-state index in [0.29, 0.717) is 36.8 Å². The van der Waals surface area contributed by atoms with Crippen molar-refractivity contribution in [3.8, 4) is 0 Å². The summed E-state index contributed by atoms with van der Waals surface area (Å²) in [6.07, 6.45) is 2.56. The van der Waals surface area contributed by atoms with Crippen LogP contribution in [0.5, 0.6) is 0 Å². The average molecular weight is 457 g/mol. The van der Waals surface area contributed by atoms with Gasteiger partial charge in [-0.25, -0.2) is 9.38 Å². The first kappa shape index (κ1) is 22.6. The molecule has 1 unspecified atom stereocenters. The van der Waals surface area contributed by atoms with Gasteiger partial charge in [0.25, 0.3) is 5.91 Å². The predicted molar refractivity (Wildman–Crippen MR) is 125 cm³/mol. The van der Waals surface area contributed by atoms with Crippen molar-refractivity contribution in [2.45, 2.75) is 46.1 Å². The average Bonchev–Trinajstić information content (AvgIpc) is 3.53. The minimum atomic E-state index is -0.464. The van der Waals surface area contributed by atoms with Gasteiger partial charge in [0.2, 0.25) is 5.91 Å². The molecule has 1 aromatic carbocycles. The van der Waals surface area contributed by atoms with E-state index >= 15 is 0 Å². The highest BCUT2D eigenvalue weighted by Crippen LogP contribution is 2.45. The number of amides is 2. The van der Waals surface area contributed by atoms with Crippen LogP contribution in [0.15, 0.2) is 51.6 Å². The summed E-state index contributed by atoms with van der Waals surface area (Å²) in [7, 11) is 0. The summed E-state index contributed by atoms with van der Waals surface area (Å²) >= 11 is 1.45. The van der Waals surface area contributed by atoms with E-state index in [0.717, 1.165) is 16.4 Å². The van der Waals surface area contributed by atoms with E-state index in [4.69, 9.17) is 4.99 Å². The summed E-state index contributed by atoms with van der Waals surface area (Å²) in [6, 6.07) is 5.77. The summed E-state index contributed by atoms with van der Waals surface area (Å²) < 4.78 is 13.7. The highest BCUT2D eigenvalue weighted by Gasteiger charge is 2.41. The second kappa shape index (κ2) is 9.48. The predicted octanol–water partition coefficient (Wildman–Crippen LogP) is 4.19. The third-order valence-electron chi connectivity index (χ3n) is 6.09. The minimum Gasteiger partial charge on any atom is -0.355 e. The molecule has 1 saturated carbocycles. The molecule has 2 aliphatic heterocycles. The van der Waals surface area contributed by atoms with Crippen molar-refractivity contribution in [2.24, 2.45) is 10.9 Å². The van der Waals surface area contributed by atoms with Gasteiger partial charge in [-0.05, 0) is 62.6 Å². The van der Waals surface area contributed by atoms with Crippen LogP contribution in [-0.4, -0.2) is 46.4 Å². The van der Waals surface area contributed by atoms with Gasteiger partial charge in [-0.3, -0.25) is 9.59 Å². The third-order valence-corrected chi connectivity index (χ3v) is 6.98. The van der Waals surface area contributed by atoms with Crippen LogP contribution in [0.3, 0.4) is 0 Å². The summed E-state index contributed by atoms with van der Waals surface area (Å²) in [5.74, 6) is 0.153. The van der Waals surface area contributed by atoms with Crippen LogP contribution in [0.25, 0.3) is 0 Å². The molecule has 0 saturated heterocycles. The fourth-order valence-electron chi connectivity index (χ4n) is 4.09. The highest BCUT2D eigenvalue weighted by molar-refractivity contribution is 8.16. The van der Waals surface area contributed by atoms with Crippen LogP contribution in [0, 0.1) is 11.7 Å². The molecule has 0 bridgehead atoms. The molecule has 1 aliphatic carbocycles. The number of nitrogens with zero attached hydrogens (tertiary/aromatic N) is 3. The fraction of sp³-hybridized carbons (Fsp3) is 0.458. The molecule has 1 fully saturated rings. The normalized spacial score (nSPS) is 20.0. The number of hydrogen-bond acceptors (Lipinski definition) is 5. The number of likely N-dealkylation sites (N-methyl/N-ethyl adjacent to an activating group) is 1. The van der Waals surface area contributed by atoms with Gasteiger partial charge in [0.05, 0.1) is 23.7 Å². The van der Waals surface area contributed by atoms with Gasteiger partial charge >= 0.3 is 0 Å². The Morgan fingerprint density at radius 3 is 2.53 bits per heavy atom. The maximum atomic E-state index is 13.7. The summed E-state index contributed by atoms with van der Waals surface area (Å²) in [5.41, 5.74) is 2.81. The molecule has 1 atom stereocenters. The molecule has 8 heteroatoms. The lowest BCUT2D eigenvalue weighted by atomic mass is 9.92. The van der Waals surface area contributed by atoms with E-state index in [9.17, 15) is 14.0 Å². The molecule has 6 nitrogen and oxygen atoms in total. The maximum absolute atomic E-state index is 13.7. The molecule has 1 aromatic rings. The summed E-state index contributed by atoms with van der Waals surface area (Å²) in [4.78, 5) is 34.6. The smallest absolute Gasteiger partial charge is 0.254 e. The second-order valence-electron chi connectivity index (χ2n) is 8.35. The molecule has 2 heterocycles. The number of halogens is 1. The minimum absolute atomic E-state index is 0.0363. The Morgan fingerprint density at radius 2 is 1.91 bits per heavy atom. The number of nitrogens with one attached hydrogen (secondary N) is 1. The number of amidine groups is 1. The number of allylic oxidation sites excluding steroid dienone is 1. The van der Waals surface area contributed by atoms with E-state index in [1.165, 1.54) is 36.7 Å². The number of benzene rings is 1. The van der Waals surface area contributed by atoms with Crippen molar-refractivity contribution in [3.63, 3.8) is 0 Å². The van der Waals surface area contributed by atoms with Crippen molar-refractivity contribution >= 4 is 28.7 Å². The second-order valence-corrected chi connectivity index (χ2v) is 9.18. The molecular weight excluding hydrogens is 427 g/mol. The van der Waals surface area contributed by atoms with Crippen molar-refractivity contribution in [3.05, 3.63) is 58.0 Å². The molecule has 2 amide bonds. The lowest BCUT2D eigenvalue weighted by Gasteiger charge is -2.38. The van der Waals surface area contributed by atoms with Crippen molar-refractivity contribution in [1.82, 2.24) is 15.1 Å². The lowest BCUT2D eigenvalue weighted by molar-refractivity contribution is -0.127. The first-order valence-corrected chi connectivity index (χ1v) is 12.1. The first-order valence-electron chi connectivity index (χ1n) is 11.2. The van der Waals surface area contributed by atoms with E-state index in [1.54, 1.807) is 17.0 Å². The molecule has 170 valence electrons. The SMILES string of the molecule is CCN(CC)C(=O)C1=C(C)N=C2SC=C(CC(=O)NCC3CC3)N2C1c1ccc(F)cc1. The quantitative estimate of drug-likeness (QED) is 0.637. The van der Waals surface area contributed by atoms with Gasteiger partial charge in [0.1, 0.15) is 5.82 Å². The van der Waals surface area contributed by atoms with Crippen LogP contribution in [0.4, 0.5) is 4.39 Å². The number of carbonyl (C=O) groups excluding carboxylic acids is 2. The first-order chi connectivity index (χ1) is 15.4. The molecule has 1 N–H and O–H groups in total. The third kappa shape index (κ3) is 4.60. The molecule has 32 heavy (non-hydrogen) atoms. The number of fused-ring (bicyclic) bond motifs is 1. The molecule has 0 aromatic heterocycles. The molecular formula is C24H29FN4O2S. The van der Waals surface area contributed by atoms with Gasteiger partial charge in [-0.2, -0.15) is 0 Å². The number of hydrogen-bond donors (Lipinski definition) is 1. The number of carbonyl (C=O) groups is 2. The molecule has 0 spiro atoms. The number of aliphatic imine (C=N–C) groups is 1. The molecule has 0 radical (unpaired) electrons. The zero-order chi connectivity index (χ0) is 22.8. The summed E-state index contributed by atoms with van der Waals surface area (Å²) in [5, 5.41) is 5.68. The Balaban J connectivity index is 1.68. The van der Waals surface area contributed by atoms with Gasteiger partial charge in [-0.15, -0.1) is 0 Å². The Kier molecular flexibility index (Phi) is 6.69. The van der Waals surface area contributed by atoms with E-state index in [2.05, 4.69) is 5.32 Å². The Labute approximate surface area is 192 Å². The summed E-state index contributed by atoms with van der Waals surface area (Å²) in [6.45, 7) is 7.62. The number of rotatable bonds is 8. The van der Waals surface area contributed by atoms with Crippen molar-refractivity contribution in [1.29, 1.82) is 0 Å². The number of thioether (sulfide) groups is 1. The van der Waals surface area contributed by atoms with Gasteiger partial charge in [0.15, 0.2) is 5.17 Å². The Morgan fingerprint density at radius 1 is 1.22 bits per heavy atom. The van der Waals surface area contributed by atoms with Crippen molar-refractivity contribution in [2.75, 3.05) is 19.6 Å². The van der Waals surface area contributed by atoms with Crippen LogP contribution in [0.2, 0.25) is 0 Å².